The van der Waals surface area contributed by atoms with Crippen LogP contribution in [0.2, 0.25) is 5.02 Å². The van der Waals surface area contributed by atoms with Gasteiger partial charge in [0.25, 0.3) is 16.5 Å². The molecule has 0 saturated heterocycles. The third kappa shape index (κ3) is 8.05. The lowest BCUT2D eigenvalue weighted by molar-refractivity contribution is -0.122. The Kier molecular flexibility index (Phi) is 10.1. The number of rotatable bonds is 8. The Balaban J connectivity index is 0.00000129. The van der Waals surface area contributed by atoms with Crippen molar-refractivity contribution in [3.05, 3.63) is 34.5 Å². The van der Waals surface area contributed by atoms with Gasteiger partial charge in [-0.25, -0.2) is 17.8 Å². The lowest BCUT2D eigenvalue weighted by atomic mass is 9.88. The molecule has 0 spiro atoms. The Morgan fingerprint density at radius 1 is 1.35 bits per heavy atom. The number of carboxylic acid groups (broad SMARTS) is 1. The van der Waals surface area contributed by atoms with Gasteiger partial charge in [0.1, 0.15) is 10.7 Å². The highest BCUT2D eigenvalue weighted by Gasteiger charge is 2.31. The Morgan fingerprint density at radius 2 is 2.00 bits per heavy atom. The van der Waals surface area contributed by atoms with Crippen LogP contribution in [0, 0.1) is 5.82 Å². The summed E-state index contributed by atoms with van der Waals surface area (Å²) in [5.41, 5.74) is -0.484. The van der Waals surface area contributed by atoms with E-state index in [2.05, 4.69) is 19.9 Å². The third-order valence-corrected chi connectivity index (χ3v) is 7.72. The molecule has 1 fully saturated rings. The number of nitrogens with one attached hydrogen (secondary N) is 2. The van der Waals surface area contributed by atoms with Crippen LogP contribution < -0.4 is 10.0 Å². The van der Waals surface area contributed by atoms with Gasteiger partial charge in [-0.15, -0.1) is 11.3 Å². The first-order chi connectivity index (χ1) is 15.9. The summed E-state index contributed by atoms with van der Waals surface area (Å²) in [6, 6.07) is 2.37. The van der Waals surface area contributed by atoms with Crippen LogP contribution in [0.5, 0.6) is 0 Å². The number of carbonyl (C=O) groups is 1. The van der Waals surface area contributed by atoms with Gasteiger partial charge in [-0.2, -0.15) is 0 Å². The standard InChI is InChI=1S/C20H28ClFN4O3S2.CH2O2/c1-20(2,27)12-26(3)17-7-5-4-6-15(17)24-16-11-14(22)18(10-13(16)21)31(28,29)25-19-23-8-9-30-19;2-1-3/h8-11,15,17,24,27H,4-7,12H2,1-3H3,(H,23,25);1H,(H,2,3)/t15-,17-;/m0./s1. The number of halogens is 2. The maximum Gasteiger partial charge on any atom is 0.290 e. The first kappa shape index (κ1) is 28.2. The molecule has 1 aromatic heterocycles. The average molecular weight is 537 g/mol. The van der Waals surface area contributed by atoms with Crippen molar-refractivity contribution in [2.75, 3.05) is 23.6 Å². The number of anilines is 2. The summed E-state index contributed by atoms with van der Waals surface area (Å²) in [5, 5.41) is 22.3. The van der Waals surface area contributed by atoms with Crippen molar-refractivity contribution in [3.63, 3.8) is 0 Å². The smallest absolute Gasteiger partial charge is 0.290 e. The summed E-state index contributed by atoms with van der Waals surface area (Å²) in [7, 11) is -2.19. The van der Waals surface area contributed by atoms with E-state index in [0.29, 0.717) is 12.2 Å². The first-order valence-corrected chi connectivity index (χ1v) is 13.3. The molecule has 1 aliphatic carbocycles. The molecule has 4 N–H and O–H groups in total. The summed E-state index contributed by atoms with van der Waals surface area (Å²) in [6.07, 6.45) is 5.35. The van der Waals surface area contributed by atoms with Gasteiger partial charge in [0.2, 0.25) is 0 Å². The largest absolute Gasteiger partial charge is 0.483 e. The number of aromatic nitrogens is 1. The van der Waals surface area contributed by atoms with Crippen LogP contribution in [0.15, 0.2) is 28.6 Å². The van der Waals surface area contributed by atoms with Crippen molar-refractivity contribution in [3.8, 4) is 0 Å². The fourth-order valence-corrected chi connectivity index (χ4v) is 6.18. The minimum Gasteiger partial charge on any atom is -0.483 e. The summed E-state index contributed by atoms with van der Waals surface area (Å²) < 4.78 is 42.2. The predicted molar refractivity (Wildman–Crippen MR) is 132 cm³/mol. The molecule has 3 rings (SSSR count). The lowest BCUT2D eigenvalue weighted by Crippen LogP contribution is -2.51. The molecule has 9 nitrogen and oxygen atoms in total. The molecule has 1 heterocycles. The van der Waals surface area contributed by atoms with Crippen LogP contribution in [0.25, 0.3) is 0 Å². The zero-order valence-electron chi connectivity index (χ0n) is 19.2. The highest BCUT2D eigenvalue weighted by atomic mass is 35.5. The normalized spacial score (nSPS) is 18.7. The van der Waals surface area contributed by atoms with Gasteiger partial charge in [0.05, 0.1) is 16.3 Å². The van der Waals surface area contributed by atoms with Gasteiger partial charge in [0, 0.05) is 30.2 Å². The van der Waals surface area contributed by atoms with Crippen molar-refractivity contribution < 1.29 is 27.8 Å². The molecular formula is C21H30ClFN4O5S2. The topological polar surface area (TPSA) is 132 Å². The molecule has 190 valence electrons. The van der Waals surface area contributed by atoms with E-state index in [0.717, 1.165) is 49.2 Å². The SMILES string of the molecule is CN(CC(C)(C)O)[C@H]1CCCC[C@@H]1Nc1cc(F)c(S(=O)(=O)Nc2nccs2)cc1Cl.O=CO. The molecule has 1 aliphatic rings. The molecule has 0 bridgehead atoms. The minimum absolute atomic E-state index is 0.00565. The number of likely N-dealkylation sites (N-methyl/N-ethyl adjacent to an activating group) is 1. The second-order valence-corrected chi connectivity index (χ2v) is 11.6. The number of hydrogen-bond donors (Lipinski definition) is 4. The van der Waals surface area contributed by atoms with Crippen molar-refractivity contribution in [1.82, 2.24) is 9.88 Å². The molecule has 1 aromatic carbocycles. The zero-order valence-corrected chi connectivity index (χ0v) is 21.6. The average Bonchev–Trinajstić information content (AvgIpc) is 3.22. The highest BCUT2D eigenvalue weighted by Crippen LogP contribution is 2.33. The Hall–Kier alpha value is -1.99. The van der Waals surface area contributed by atoms with Crippen LogP contribution in [0.4, 0.5) is 15.2 Å². The van der Waals surface area contributed by atoms with E-state index >= 15 is 0 Å². The summed E-state index contributed by atoms with van der Waals surface area (Å²) in [5.74, 6) is -0.895. The summed E-state index contributed by atoms with van der Waals surface area (Å²) >= 11 is 7.45. The molecule has 13 heteroatoms. The minimum atomic E-state index is -4.16. The predicted octanol–water partition coefficient (Wildman–Crippen LogP) is 3.86. The van der Waals surface area contributed by atoms with E-state index in [-0.39, 0.29) is 28.7 Å². The van der Waals surface area contributed by atoms with Gasteiger partial charge in [-0.1, -0.05) is 24.4 Å². The maximum atomic E-state index is 14.8. The number of hydrogen-bond acceptors (Lipinski definition) is 8. The highest BCUT2D eigenvalue weighted by molar-refractivity contribution is 7.93. The van der Waals surface area contributed by atoms with E-state index in [4.69, 9.17) is 21.5 Å². The molecule has 0 unspecified atom stereocenters. The quantitative estimate of drug-likeness (QED) is 0.374. The first-order valence-electron chi connectivity index (χ1n) is 10.6. The fraction of sp³-hybridized carbons (Fsp3) is 0.524. The summed E-state index contributed by atoms with van der Waals surface area (Å²) in [4.78, 5) is 13.8. The number of sulfonamides is 1. The molecule has 0 radical (unpaired) electrons. The molecule has 2 aromatic rings. The number of aliphatic hydroxyl groups is 1. The molecular weight excluding hydrogens is 507 g/mol. The monoisotopic (exact) mass is 536 g/mol. The van der Waals surface area contributed by atoms with E-state index in [1.165, 1.54) is 6.20 Å². The van der Waals surface area contributed by atoms with E-state index in [9.17, 15) is 17.9 Å². The molecule has 34 heavy (non-hydrogen) atoms. The van der Waals surface area contributed by atoms with Crippen LogP contribution in [-0.2, 0) is 14.8 Å². The van der Waals surface area contributed by atoms with Crippen LogP contribution in [0.3, 0.4) is 0 Å². The van der Waals surface area contributed by atoms with Gasteiger partial charge >= 0.3 is 0 Å². The van der Waals surface area contributed by atoms with E-state index in [1.54, 1.807) is 19.2 Å². The van der Waals surface area contributed by atoms with Gasteiger partial charge in [-0.05, 0) is 45.9 Å². The molecule has 2 atom stereocenters. The number of benzene rings is 1. The second-order valence-electron chi connectivity index (χ2n) is 8.64. The van der Waals surface area contributed by atoms with Gasteiger partial charge in [0.15, 0.2) is 5.13 Å². The Bertz CT molecular complexity index is 1050. The number of nitrogens with zero attached hydrogens (tertiary/aromatic N) is 2. The maximum absolute atomic E-state index is 14.8. The van der Waals surface area contributed by atoms with Gasteiger partial charge in [-0.3, -0.25) is 14.4 Å². The van der Waals surface area contributed by atoms with E-state index < -0.39 is 26.3 Å². The van der Waals surface area contributed by atoms with Crippen LogP contribution in [-0.4, -0.2) is 66.3 Å². The fourth-order valence-electron chi connectivity index (χ4n) is 4.02. The molecule has 0 amide bonds. The Morgan fingerprint density at radius 3 is 2.59 bits per heavy atom. The van der Waals surface area contributed by atoms with Crippen LogP contribution >= 0.6 is 22.9 Å². The number of thiazole rings is 1. The van der Waals surface area contributed by atoms with Crippen molar-refractivity contribution in [1.29, 1.82) is 0 Å². The summed E-state index contributed by atoms with van der Waals surface area (Å²) in [6.45, 7) is 3.78. The lowest BCUT2D eigenvalue weighted by Gasteiger charge is -2.41. The Labute approximate surface area is 208 Å². The van der Waals surface area contributed by atoms with Crippen LogP contribution in [0.1, 0.15) is 39.5 Å². The van der Waals surface area contributed by atoms with Crippen molar-refractivity contribution in [2.24, 2.45) is 0 Å². The van der Waals surface area contributed by atoms with Crippen molar-refractivity contribution in [2.45, 2.75) is 62.1 Å². The van der Waals surface area contributed by atoms with Gasteiger partial charge < -0.3 is 15.5 Å². The third-order valence-electron chi connectivity index (χ3n) is 5.24. The zero-order chi connectivity index (χ0) is 25.5. The molecule has 0 aliphatic heterocycles. The van der Waals surface area contributed by atoms with Crippen molar-refractivity contribution >= 4 is 50.3 Å². The second kappa shape index (κ2) is 12.1. The van der Waals surface area contributed by atoms with E-state index in [1.807, 2.05) is 7.05 Å². The molecule has 1 saturated carbocycles.